The van der Waals surface area contributed by atoms with Crippen molar-refractivity contribution >= 4 is 21.3 Å². The molecule has 3 aromatic rings. The maximum absolute atomic E-state index is 13.5. The van der Waals surface area contributed by atoms with E-state index < -0.39 is 44.4 Å². The molecule has 8 nitrogen and oxygen atoms in total. The Morgan fingerprint density at radius 2 is 1.91 bits per heavy atom. The van der Waals surface area contributed by atoms with E-state index >= 15 is 0 Å². The molecule has 0 bridgehead atoms. The minimum Gasteiger partial charge on any atom is -0.493 e. The maximum Gasteiger partial charge on any atom is 0.418 e. The number of rotatable bonds is 6. The summed E-state index contributed by atoms with van der Waals surface area (Å²) >= 11 is 0. The first-order chi connectivity index (χ1) is 16.3. The van der Waals surface area contributed by atoms with Gasteiger partial charge in [0, 0.05) is 29.1 Å². The van der Waals surface area contributed by atoms with E-state index in [9.17, 15) is 22.2 Å². The first kappa shape index (κ1) is 25.5. The smallest absolute Gasteiger partial charge is 0.418 e. The van der Waals surface area contributed by atoms with Crippen molar-refractivity contribution in [3.63, 3.8) is 0 Å². The van der Waals surface area contributed by atoms with Crippen LogP contribution in [0.2, 0.25) is 0 Å². The number of nitrogens with one attached hydrogen (secondary N) is 2. The molecule has 0 spiro atoms. The van der Waals surface area contributed by atoms with Crippen molar-refractivity contribution in [2.75, 3.05) is 18.7 Å². The molecule has 0 aliphatic carbocycles. The number of carbonyl (C=O) groups excluding carboxylic acids is 1. The summed E-state index contributed by atoms with van der Waals surface area (Å²) in [6, 6.07) is 11.7. The fourth-order valence-corrected chi connectivity index (χ4v) is 3.84. The van der Waals surface area contributed by atoms with Gasteiger partial charge in [0.15, 0.2) is 11.5 Å². The van der Waals surface area contributed by atoms with Crippen molar-refractivity contribution in [2.45, 2.75) is 18.0 Å². The highest BCUT2D eigenvalue weighted by molar-refractivity contribution is 7.91. The number of halogens is 3. The average Bonchev–Trinajstić information content (AvgIpc) is 2.78. The Balaban J connectivity index is 2.10. The molecule has 0 radical (unpaired) electrons. The fourth-order valence-electron chi connectivity index (χ4n) is 3.15. The molecule has 1 amide bonds. The van der Waals surface area contributed by atoms with E-state index in [2.05, 4.69) is 10.3 Å². The molecule has 0 aliphatic heterocycles. The lowest BCUT2D eigenvalue weighted by Gasteiger charge is -2.18. The molecule has 0 saturated heterocycles. The lowest BCUT2D eigenvalue weighted by atomic mass is 10.0. The molecule has 0 saturated carbocycles. The molecular formula is C23H19F3N4O4S. The number of alkyl halides is 3. The summed E-state index contributed by atoms with van der Waals surface area (Å²) in [6.07, 6.45) is -3.02. The topological polar surface area (TPSA) is 125 Å². The highest BCUT2D eigenvalue weighted by atomic mass is 32.2. The standard InChI is InChI=1S/C23H19F3N4O4S/c1-13-17(23(24,25)26)12-29-22(34-18-8-7-14(11-27)9-19(18)33-2)20(13)21(31)30-15-5-4-6-16(10-15)35(3,28)32/h4-10,12,28H,1-3H3,(H,30,31)/t35-/m1/s1. The molecule has 3 rings (SSSR count). The maximum atomic E-state index is 13.5. The van der Waals surface area contributed by atoms with Crippen LogP contribution >= 0.6 is 0 Å². The van der Waals surface area contributed by atoms with Gasteiger partial charge in [0.25, 0.3) is 5.91 Å². The highest BCUT2D eigenvalue weighted by Gasteiger charge is 2.36. The number of amides is 1. The number of methoxy groups -OCH3 is 1. The van der Waals surface area contributed by atoms with E-state index in [-0.39, 0.29) is 27.6 Å². The van der Waals surface area contributed by atoms with Gasteiger partial charge in [-0.2, -0.15) is 18.4 Å². The number of nitrogens with zero attached hydrogens (tertiary/aromatic N) is 2. The van der Waals surface area contributed by atoms with E-state index in [0.29, 0.717) is 6.20 Å². The van der Waals surface area contributed by atoms with E-state index in [4.69, 9.17) is 19.5 Å². The third-order valence-corrected chi connectivity index (χ3v) is 6.03. The third-order valence-electron chi connectivity index (χ3n) is 4.88. The molecule has 1 aromatic heterocycles. The quantitative estimate of drug-likeness (QED) is 0.465. The molecule has 2 N–H and O–H groups in total. The van der Waals surface area contributed by atoms with Crippen LogP contribution in [0.25, 0.3) is 0 Å². The van der Waals surface area contributed by atoms with Crippen LogP contribution in [0.3, 0.4) is 0 Å². The Hall–Kier alpha value is -4.11. The highest BCUT2D eigenvalue weighted by Crippen LogP contribution is 2.38. The molecule has 12 heteroatoms. The Morgan fingerprint density at radius 1 is 1.20 bits per heavy atom. The summed E-state index contributed by atoms with van der Waals surface area (Å²) in [6.45, 7) is 1.11. The van der Waals surface area contributed by atoms with Crippen LogP contribution in [-0.4, -0.2) is 28.5 Å². The second-order valence-electron chi connectivity index (χ2n) is 7.38. The minimum absolute atomic E-state index is 0.0223. The Kier molecular flexibility index (Phi) is 7.02. The first-order valence-corrected chi connectivity index (χ1v) is 11.8. The number of nitriles is 1. The van der Waals surface area contributed by atoms with Crippen LogP contribution in [0.4, 0.5) is 18.9 Å². The molecule has 1 heterocycles. The monoisotopic (exact) mass is 504 g/mol. The second-order valence-corrected chi connectivity index (χ2v) is 9.54. The number of hydrogen-bond acceptors (Lipinski definition) is 7. The number of anilines is 1. The van der Waals surface area contributed by atoms with Crippen molar-refractivity contribution in [3.8, 4) is 23.4 Å². The van der Waals surface area contributed by atoms with Crippen LogP contribution < -0.4 is 14.8 Å². The lowest BCUT2D eigenvalue weighted by Crippen LogP contribution is -2.19. The fraction of sp³-hybridized carbons (Fsp3) is 0.174. The Bertz CT molecular complexity index is 1450. The van der Waals surface area contributed by atoms with Crippen molar-refractivity contribution < 1.29 is 31.6 Å². The van der Waals surface area contributed by atoms with Crippen molar-refractivity contribution in [2.24, 2.45) is 0 Å². The number of hydrogen-bond donors (Lipinski definition) is 2. The number of ether oxygens (including phenoxy) is 2. The van der Waals surface area contributed by atoms with Gasteiger partial charge in [-0.1, -0.05) is 6.07 Å². The Labute approximate surface area is 199 Å². The van der Waals surface area contributed by atoms with Gasteiger partial charge in [-0.25, -0.2) is 14.0 Å². The summed E-state index contributed by atoms with van der Waals surface area (Å²) < 4.78 is 71.2. The molecule has 0 fully saturated rings. The van der Waals surface area contributed by atoms with Crippen LogP contribution in [0.1, 0.15) is 27.0 Å². The van der Waals surface area contributed by atoms with Crippen molar-refractivity contribution in [1.29, 1.82) is 10.0 Å². The summed E-state index contributed by atoms with van der Waals surface area (Å²) in [5, 5.41) is 11.5. The van der Waals surface area contributed by atoms with E-state index in [0.717, 1.165) is 6.92 Å². The van der Waals surface area contributed by atoms with Gasteiger partial charge in [-0.3, -0.25) is 4.79 Å². The van der Waals surface area contributed by atoms with Crippen molar-refractivity contribution in [3.05, 3.63) is 70.9 Å². The normalized spacial score (nSPS) is 12.8. The number of aromatic nitrogens is 1. The molecule has 182 valence electrons. The number of pyridine rings is 1. The SMILES string of the molecule is COc1cc(C#N)ccc1Oc1ncc(C(F)(F)F)c(C)c1C(=O)Nc1cccc([S@](C)(=N)=O)c1. The molecule has 0 aliphatic rings. The summed E-state index contributed by atoms with van der Waals surface area (Å²) in [5.41, 5.74) is -1.67. The van der Waals surface area contributed by atoms with Gasteiger partial charge < -0.3 is 14.8 Å². The van der Waals surface area contributed by atoms with Gasteiger partial charge in [-0.05, 0) is 42.8 Å². The number of carbonyl (C=O) groups is 1. The third kappa shape index (κ3) is 5.70. The largest absolute Gasteiger partial charge is 0.493 e. The summed E-state index contributed by atoms with van der Waals surface area (Å²) in [7, 11) is -1.78. The van der Waals surface area contributed by atoms with Crippen LogP contribution in [0.5, 0.6) is 17.4 Å². The van der Waals surface area contributed by atoms with Gasteiger partial charge in [-0.15, -0.1) is 0 Å². The van der Waals surface area contributed by atoms with Gasteiger partial charge >= 0.3 is 6.18 Å². The van der Waals surface area contributed by atoms with Crippen LogP contribution in [0, 0.1) is 23.0 Å². The Morgan fingerprint density at radius 3 is 2.51 bits per heavy atom. The van der Waals surface area contributed by atoms with Gasteiger partial charge in [0.1, 0.15) is 5.56 Å². The van der Waals surface area contributed by atoms with Gasteiger partial charge in [0.2, 0.25) is 5.88 Å². The minimum atomic E-state index is -4.78. The lowest BCUT2D eigenvalue weighted by molar-refractivity contribution is -0.138. The summed E-state index contributed by atoms with van der Waals surface area (Å²) in [4.78, 5) is 17.0. The van der Waals surface area contributed by atoms with Gasteiger partial charge in [0.05, 0.1) is 34.0 Å². The predicted molar refractivity (Wildman–Crippen MR) is 121 cm³/mol. The molecule has 1 atom stereocenters. The molecule has 35 heavy (non-hydrogen) atoms. The van der Waals surface area contributed by atoms with E-state index in [1.165, 1.54) is 55.8 Å². The molecule has 0 unspecified atom stereocenters. The molecular weight excluding hydrogens is 485 g/mol. The van der Waals surface area contributed by atoms with Crippen LogP contribution in [-0.2, 0) is 15.9 Å². The molecule has 2 aromatic carbocycles. The predicted octanol–water partition coefficient (Wildman–Crippen LogP) is 5.37. The zero-order valence-corrected chi connectivity index (χ0v) is 19.5. The van der Waals surface area contributed by atoms with E-state index in [1.807, 2.05) is 6.07 Å². The van der Waals surface area contributed by atoms with Crippen LogP contribution in [0.15, 0.2) is 53.6 Å². The zero-order chi connectivity index (χ0) is 26.0. The zero-order valence-electron chi connectivity index (χ0n) is 18.7. The van der Waals surface area contributed by atoms with Crippen molar-refractivity contribution in [1.82, 2.24) is 4.98 Å². The summed E-state index contributed by atoms with van der Waals surface area (Å²) in [5.74, 6) is -1.26. The second kappa shape index (κ2) is 9.63. The first-order valence-electron chi connectivity index (χ1n) is 9.83. The van der Waals surface area contributed by atoms with E-state index in [1.54, 1.807) is 0 Å². The number of benzene rings is 2. The average molecular weight is 504 g/mol.